The van der Waals surface area contributed by atoms with Crippen molar-refractivity contribution in [2.24, 2.45) is 0 Å². The molecule has 12 heteroatoms. The van der Waals surface area contributed by atoms with Crippen molar-refractivity contribution in [2.45, 2.75) is 104 Å². The molecular formula is C36H56N6O5Si. The summed E-state index contributed by atoms with van der Waals surface area (Å²) in [7, 11) is 1.70. The highest BCUT2D eigenvalue weighted by Gasteiger charge is 2.40. The first kappa shape index (κ1) is 37.3. The van der Waals surface area contributed by atoms with E-state index in [9.17, 15) is 4.79 Å². The molecule has 11 nitrogen and oxygen atoms in total. The van der Waals surface area contributed by atoms with Gasteiger partial charge in [0.2, 0.25) is 0 Å². The van der Waals surface area contributed by atoms with Crippen molar-refractivity contribution in [3.05, 3.63) is 41.8 Å². The first-order valence-corrected chi connectivity index (χ1v) is 19.8. The molecule has 0 bridgehead atoms. The fourth-order valence-corrected chi connectivity index (χ4v) is 6.67. The van der Waals surface area contributed by atoms with Gasteiger partial charge in [0.05, 0.1) is 29.6 Å². The van der Waals surface area contributed by atoms with Crippen LogP contribution in [0.3, 0.4) is 0 Å². The van der Waals surface area contributed by atoms with Crippen LogP contribution in [-0.4, -0.2) is 97.4 Å². The van der Waals surface area contributed by atoms with Crippen LogP contribution >= 0.6 is 0 Å². The normalized spacial score (nSPS) is 15.7. The van der Waals surface area contributed by atoms with E-state index in [1.807, 2.05) is 65.0 Å². The number of anilines is 1. The van der Waals surface area contributed by atoms with Crippen LogP contribution in [0.25, 0.3) is 22.6 Å². The van der Waals surface area contributed by atoms with Gasteiger partial charge in [-0.2, -0.15) is 0 Å². The number of aryl methyl sites for hydroxylation is 2. The number of nitrogens with one attached hydrogen (secondary N) is 1. The zero-order valence-electron chi connectivity index (χ0n) is 31.1. The molecule has 1 N–H and O–H groups in total. The van der Waals surface area contributed by atoms with E-state index >= 15 is 0 Å². The Kier molecular flexibility index (Phi) is 11.6. The maximum absolute atomic E-state index is 12.8. The van der Waals surface area contributed by atoms with E-state index in [0.717, 1.165) is 54.3 Å². The number of benzene rings is 1. The van der Waals surface area contributed by atoms with E-state index in [1.165, 1.54) is 0 Å². The summed E-state index contributed by atoms with van der Waals surface area (Å²) in [6.45, 7) is 23.1. The Morgan fingerprint density at radius 2 is 1.79 bits per heavy atom. The Morgan fingerprint density at radius 1 is 1.10 bits per heavy atom. The molecule has 0 unspecified atom stereocenters. The molecule has 1 fully saturated rings. The summed E-state index contributed by atoms with van der Waals surface area (Å²) < 4.78 is 24.3. The number of piperidine rings is 1. The molecule has 1 amide bonds. The third-order valence-corrected chi connectivity index (χ3v) is 13.6. The second-order valence-electron chi connectivity index (χ2n) is 15.6. The number of hydrogen-bond acceptors (Lipinski definition) is 10. The monoisotopic (exact) mass is 680 g/mol. The average molecular weight is 681 g/mol. The van der Waals surface area contributed by atoms with E-state index in [1.54, 1.807) is 11.9 Å². The second-order valence-corrected chi connectivity index (χ2v) is 20.3. The summed E-state index contributed by atoms with van der Waals surface area (Å²) in [5.41, 5.74) is 2.64. The second kappa shape index (κ2) is 15.0. The van der Waals surface area contributed by atoms with Gasteiger partial charge in [0, 0.05) is 24.7 Å². The molecule has 3 heterocycles. The van der Waals surface area contributed by atoms with Crippen molar-refractivity contribution in [1.29, 1.82) is 0 Å². The average Bonchev–Trinajstić information content (AvgIpc) is 3.32. The standard InChI is InChI=1S/C36H56N6O5Si/c1-24-32(25(2)46-40-24)30-21-31(37-27-16-18-41(9)19-17-27)39-33(38-30)26-14-13-15-28(20-26)44-23-29(47-48(11,12)36(6,7)8)22-42(10)34(43)45-35(3,4)5/h13-15,20-21,27,29H,16-19,22-23H2,1-12H3,(H,37,38,39)/t29-/m1/s1. The van der Waals surface area contributed by atoms with Crippen molar-refractivity contribution in [3.63, 3.8) is 0 Å². The molecule has 2 aromatic heterocycles. The van der Waals surface area contributed by atoms with E-state index in [-0.39, 0.29) is 17.7 Å². The smallest absolute Gasteiger partial charge is 0.410 e. The van der Waals surface area contributed by atoms with Crippen LogP contribution in [0.15, 0.2) is 34.9 Å². The Bertz CT molecular complexity index is 1520. The lowest BCUT2D eigenvalue weighted by atomic mass is 10.1. The number of carbonyl (C=O) groups excluding carboxylic acids is 1. The highest BCUT2D eigenvalue weighted by atomic mass is 28.4. The molecular weight excluding hydrogens is 625 g/mol. The summed E-state index contributed by atoms with van der Waals surface area (Å²) in [5.74, 6) is 2.71. The maximum atomic E-state index is 12.8. The van der Waals surface area contributed by atoms with Crippen molar-refractivity contribution in [1.82, 2.24) is 24.9 Å². The molecule has 0 aliphatic carbocycles. The van der Waals surface area contributed by atoms with Gasteiger partial charge in [0.15, 0.2) is 14.1 Å². The van der Waals surface area contributed by atoms with Gasteiger partial charge in [-0.1, -0.05) is 38.1 Å². The van der Waals surface area contributed by atoms with Crippen LogP contribution < -0.4 is 10.1 Å². The minimum Gasteiger partial charge on any atom is -0.491 e. The van der Waals surface area contributed by atoms with Crippen LogP contribution in [0.1, 0.15) is 65.8 Å². The van der Waals surface area contributed by atoms with Crippen molar-refractivity contribution < 1.29 is 23.2 Å². The van der Waals surface area contributed by atoms with Crippen molar-refractivity contribution >= 4 is 20.2 Å². The van der Waals surface area contributed by atoms with E-state index in [2.05, 4.69) is 56.3 Å². The zero-order chi connectivity index (χ0) is 35.4. The summed E-state index contributed by atoms with van der Waals surface area (Å²) in [5, 5.41) is 7.82. The number of rotatable bonds is 11. The number of hydrogen-bond donors (Lipinski definition) is 1. The van der Waals surface area contributed by atoms with Gasteiger partial charge in [-0.3, -0.25) is 0 Å². The van der Waals surface area contributed by atoms with Crippen molar-refractivity contribution in [2.75, 3.05) is 45.7 Å². The summed E-state index contributed by atoms with van der Waals surface area (Å²) >= 11 is 0. The number of likely N-dealkylation sites (tertiary alicyclic amines) is 1. The molecule has 264 valence electrons. The predicted octanol–water partition coefficient (Wildman–Crippen LogP) is 7.56. The summed E-state index contributed by atoms with van der Waals surface area (Å²) in [6, 6.07) is 10.1. The van der Waals surface area contributed by atoms with Gasteiger partial charge in [-0.05, 0) is 97.9 Å². The van der Waals surface area contributed by atoms with Gasteiger partial charge < -0.3 is 33.5 Å². The molecule has 1 atom stereocenters. The van der Waals surface area contributed by atoms with Crippen molar-refractivity contribution in [3.8, 4) is 28.4 Å². The van der Waals surface area contributed by atoms with Gasteiger partial charge in [0.1, 0.15) is 29.5 Å². The maximum Gasteiger partial charge on any atom is 0.410 e. The van der Waals surface area contributed by atoms with E-state index < -0.39 is 20.0 Å². The molecule has 1 aliphatic rings. The van der Waals surface area contributed by atoms with Crippen LogP contribution in [-0.2, 0) is 9.16 Å². The first-order chi connectivity index (χ1) is 22.3. The lowest BCUT2D eigenvalue weighted by molar-refractivity contribution is 0.0172. The quantitative estimate of drug-likeness (QED) is 0.204. The molecule has 48 heavy (non-hydrogen) atoms. The summed E-state index contributed by atoms with van der Waals surface area (Å²) in [6.07, 6.45) is 1.33. The van der Waals surface area contributed by atoms with Gasteiger partial charge in [0.25, 0.3) is 0 Å². The molecule has 3 aromatic rings. The number of ether oxygens (including phenoxy) is 2. The highest BCUT2D eigenvalue weighted by Crippen LogP contribution is 2.38. The Labute approximate surface area is 287 Å². The minimum absolute atomic E-state index is 0.0154. The number of carbonyl (C=O) groups is 1. The molecule has 1 aliphatic heterocycles. The van der Waals surface area contributed by atoms with Crippen LogP contribution in [0.5, 0.6) is 5.75 Å². The van der Waals surface area contributed by atoms with Gasteiger partial charge >= 0.3 is 6.09 Å². The zero-order valence-corrected chi connectivity index (χ0v) is 32.1. The third kappa shape index (κ3) is 10.0. The van der Waals surface area contributed by atoms with E-state index in [4.69, 9.17) is 28.4 Å². The lowest BCUT2D eigenvalue weighted by Crippen LogP contribution is -2.49. The fraction of sp³-hybridized carbons (Fsp3) is 0.611. The first-order valence-electron chi connectivity index (χ1n) is 16.9. The number of nitrogens with zero attached hydrogens (tertiary/aromatic N) is 5. The molecule has 0 spiro atoms. The van der Waals surface area contributed by atoms with Crippen LogP contribution in [0, 0.1) is 13.8 Å². The third-order valence-electron chi connectivity index (χ3n) is 9.06. The van der Waals surface area contributed by atoms with Gasteiger partial charge in [-0.15, -0.1) is 0 Å². The van der Waals surface area contributed by atoms with Gasteiger partial charge in [-0.25, -0.2) is 14.8 Å². The number of amides is 1. The molecule has 4 rings (SSSR count). The van der Waals surface area contributed by atoms with Crippen LogP contribution in [0.2, 0.25) is 18.1 Å². The lowest BCUT2D eigenvalue weighted by Gasteiger charge is -2.40. The molecule has 0 saturated carbocycles. The predicted molar refractivity (Wildman–Crippen MR) is 193 cm³/mol. The Morgan fingerprint density at radius 3 is 2.40 bits per heavy atom. The fourth-order valence-electron chi connectivity index (χ4n) is 5.34. The minimum atomic E-state index is -2.19. The summed E-state index contributed by atoms with van der Waals surface area (Å²) in [4.78, 5) is 26.7. The molecule has 1 saturated heterocycles. The molecule has 1 aromatic carbocycles. The molecule has 0 radical (unpaired) electrons. The Balaban J connectivity index is 1.60. The number of likely N-dealkylation sites (N-methyl/N-ethyl adjacent to an activating group) is 1. The Hall–Kier alpha value is -3.48. The largest absolute Gasteiger partial charge is 0.491 e. The number of aromatic nitrogens is 3. The van der Waals surface area contributed by atoms with Crippen LogP contribution in [0.4, 0.5) is 10.6 Å². The SMILES string of the molecule is Cc1noc(C)c1-c1cc(NC2CCN(C)CC2)nc(-c2cccc(OC[C@@H](CN(C)C(=O)OC(C)(C)C)O[Si](C)(C)C(C)(C)C)c2)n1. The topological polar surface area (TPSA) is 115 Å². The highest BCUT2D eigenvalue weighted by molar-refractivity contribution is 6.74. The van der Waals surface area contributed by atoms with E-state index in [0.29, 0.717) is 29.9 Å².